The number of rotatable bonds is 6. The minimum absolute atomic E-state index is 0.303. The summed E-state index contributed by atoms with van der Waals surface area (Å²) in [6.45, 7) is 2.65. The fraction of sp³-hybridized carbons (Fsp3) is 0.900. The third-order valence-corrected chi connectivity index (χ3v) is 4.75. The molecule has 0 aromatic carbocycles. The molecule has 1 aliphatic rings. The lowest BCUT2D eigenvalue weighted by Gasteiger charge is -2.24. The molecule has 1 aliphatic heterocycles. The van der Waals surface area contributed by atoms with Crippen molar-refractivity contribution in [3.63, 3.8) is 0 Å². The van der Waals surface area contributed by atoms with Crippen LogP contribution in [0.1, 0.15) is 32.6 Å². The van der Waals surface area contributed by atoms with Crippen LogP contribution in [0.4, 0.5) is 0 Å². The van der Waals surface area contributed by atoms with Gasteiger partial charge in [0.2, 0.25) is 10.0 Å². The Bertz CT molecular complexity index is 348. The van der Waals surface area contributed by atoms with Crippen molar-refractivity contribution in [2.24, 2.45) is 0 Å². The van der Waals surface area contributed by atoms with E-state index in [0.29, 0.717) is 38.9 Å². The molecule has 100 valence electrons. The van der Waals surface area contributed by atoms with E-state index < -0.39 is 27.3 Å². The summed E-state index contributed by atoms with van der Waals surface area (Å²) in [7, 11) is -3.56. The van der Waals surface area contributed by atoms with Gasteiger partial charge in [-0.3, -0.25) is 4.79 Å². The van der Waals surface area contributed by atoms with Crippen LogP contribution in [0.25, 0.3) is 0 Å². The van der Waals surface area contributed by atoms with E-state index in [-0.39, 0.29) is 0 Å². The van der Waals surface area contributed by atoms with Gasteiger partial charge < -0.3 is 9.84 Å². The summed E-state index contributed by atoms with van der Waals surface area (Å²) in [4.78, 5) is 10.9. The fourth-order valence-corrected chi connectivity index (χ4v) is 3.42. The monoisotopic (exact) mass is 265 g/mol. The van der Waals surface area contributed by atoms with E-state index in [1.807, 2.05) is 6.92 Å². The Labute approximate surface area is 101 Å². The fourth-order valence-electron chi connectivity index (χ4n) is 1.80. The molecule has 7 heteroatoms. The molecule has 2 N–H and O–H groups in total. The summed E-state index contributed by atoms with van der Waals surface area (Å²) in [6.07, 6.45) is 1.77. The molecule has 0 saturated carbocycles. The van der Waals surface area contributed by atoms with Crippen LogP contribution in [0.2, 0.25) is 0 Å². The summed E-state index contributed by atoms with van der Waals surface area (Å²) >= 11 is 0. The van der Waals surface area contributed by atoms with Crippen LogP contribution in [0.3, 0.4) is 0 Å². The molecule has 0 amide bonds. The van der Waals surface area contributed by atoms with E-state index in [0.717, 1.165) is 0 Å². The highest BCUT2D eigenvalue weighted by Crippen LogP contribution is 2.15. The molecule has 0 aliphatic carbocycles. The van der Waals surface area contributed by atoms with Gasteiger partial charge >= 0.3 is 5.97 Å². The number of ether oxygens (including phenoxy) is 1. The number of aliphatic carboxylic acids is 1. The van der Waals surface area contributed by atoms with Crippen molar-refractivity contribution in [2.75, 3.05) is 13.2 Å². The predicted octanol–water partition coefficient (Wildman–Crippen LogP) is 0.338. The number of carboxylic acids is 1. The van der Waals surface area contributed by atoms with Crippen LogP contribution in [0.15, 0.2) is 0 Å². The van der Waals surface area contributed by atoms with E-state index in [1.165, 1.54) is 0 Å². The lowest BCUT2D eigenvalue weighted by Crippen LogP contribution is -2.46. The van der Waals surface area contributed by atoms with Gasteiger partial charge in [-0.05, 0) is 19.3 Å². The Morgan fingerprint density at radius 1 is 1.47 bits per heavy atom. The quantitative estimate of drug-likeness (QED) is 0.722. The maximum absolute atomic E-state index is 11.9. The second-order valence-corrected chi connectivity index (χ2v) is 6.15. The molecule has 1 fully saturated rings. The topological polar surface area (TPSA) is 92.7 Å². The average molecular weight is 265 g/mol. The maximum Gasteiger partial charge on any atom is 0.321 e. The van der Waals surface area contributed by atoms with E-state index in [1.54, 1.807) is 0 Å². The third kappa shape index (κ3) is 4.25. The van der Waals surface area contributed by atoms with Crippen LogP contribution in [-0.4, -0.2) is 44.0 Å². The normalized spacial score (nSPS) is 20.1. The zero-order valence-electron chi connectivity index (χ0n) is 9.89. The van der Waals surface area contributed by atoms with Gasteiger partial charge in [0.15, 0.2) is 0 Å². The van der Waals surface area contributed by atoms with Crippen molar-refractivity contribution < 1.29 is 23.1 Å². The lowest BCUT2D eigenvalue weighted by atomic mass is 10.2. The second kappa shape index (κ2) is 6.32. The molecule has 0 aromatic rings. The average Bonchev–Trinajstić information content (AvgIpc) is 2.29. The molecule has 1 rings (SSSR count). The minimum atomic E-state index is -3.56. The Balaban J connectivity index is 2.65. The largest absolute Gasteiger partial charge is 0.480 e. The molecule has 1 saturated heterocycles. The molecule has 0 radical (unpaired) electrons. The third-order valence-electron chi connectivity index (χ3n) is 2.79. The zero-order valence-corrected chi connectivity index (χ0v) is 10.7. The summed E-state index contributed by atoms with van der Waals surface area (Å²) in [6, 6.07) is -1.02. The Kier molecular flexibility index (Phi) is 5.35. The first kappa shape index (κ1) is 14.4. The molecule has 0 aromatic heterocycles. The highest BCUT2D eigenvalue weighted by Gasteiger charge is 2.31. The molecule has 1 heterocycles. The lowest BCUT2D eigenvalue weighted by molar-refractivity contribution is -0.139. The molecule has 1 atom stereocenters. The highest BCUT2D eigenvalue weighted by atomic mass is 32.2. The number of hydrogen-bond donors (Lipinski definition) is 2. The highest BCUT2D eigenvalue weighted by molar-refractivity contribution is 7.90. The van der Waals surface area contributed by atoms with Crippen molar-refractivity contribution in [3.05, 3.63) is 0 Å². The van der Waals surface area contributed by atoms with Gasteiger partial charge in [-0.2, -0.15) is 0 Å². The zero-order chi connectivity index (χ0) is 12.9. The molecule has 6 nitrogen and oxygen atoms in total. The minimum Gasteiger partial charge on any atom is -0.480 e. The van der Waals surface area contributed by atoms with Crippen molar-refractivity contribution in [1.82, 2.24) is 4.72 Å². The summed E-state index contributed by atoms with van der Waals surface area (Å²) in [5, 5.41) is 8.38. The first-order chi connectivity index (χ1) is 7.97. The first-order valence-corrected chi connectivity index (χ1v) is 7.33. The van der Waals surface area contributed by atoms with Crippen molar-refractivity contribution in [2.45, 2.75) is 43.9 Å². The number of carboxylic acid groups (broad SMARTS) is 1. The standard InChI is InChI=1S/C10H19NO5S/c1-2-3-9(10(12)13)11-17(14,15)8-4-6-16-7-5-8/h8-9,11H,2-7H2,1H3,(H,12,13)/t9-/m0/s1. The van der Waals surface area contributed by atoms with Gasteiger partial charge in [-0.1, -0.05) is 13.3 Å². The van der Waals surface area contributed by atoms with Gasteiger partial charge in [-0.25, -0.2) is 13.1 Å². The number of carbonyl (C=O) groups is 1. The van der Waals surface area contributed by atoms with Gasteiger partial charge in [0.05, 0.1) is 5.25 Å². The maximum atomic E-state index is 11.9. The number of hydrogen-bond acceptors (Lipinski definition) is 4. The first-order valence-electron chi connectivity index (χ1n) is 5.79. The van der Waals surface area contributed by atoms with Gasteiger partial charge in [-0.15, -0.1) is 0 Å². The predicted molar refractivity (Wildman–Crippen MR) is 62.2 cm³/mol. The van der Waals surface area contributed by atoms with Crippen molar-refractivity contribution >= 4 is 16.0 Å². The van der Waals surface area contributed by atoms with Crippen LogP contribution < -0.4 is 4.72 Å². The molecule has 17 heavy (non-hydrogen) atoms. The Morgan fingerprint density at radius 3 is 2.53 bits per heavy atom. The van der Waals surface area contributed by atoms with Crippen molar-refractivity contribution in [3.8, 4) is 0 Å². The van der Waals surface area contributed by atoms with Gasteiger partial charge in [0, 0.05) is 13.2 Å². The smallest absolute Gasteiger partial charge is 0.321 e. The SMILES string of the molecule is CCC[C@H](NS(=O)(=O)C1CCOCC1)C(=O)O. The van der Waals surface area contributed by atoms with Gasteiger partial charge in [0.25, 0.3) is 0 Å². The van der Waals surface area contributed by atoms with Crippen molar-refractivity contribution in [1.29, 1.82) is 0 Å². The van der Waals surface area contributed by atoms with E-state index in [2.05, 4.69) is 4.72 Å². The number of nitrogens with one attached hydrogen (secondary N) is 1. The molecule has 0 unspecified atom stereocenters. The van der Waals surface area contributed by atoms with Crippen LogP contribution in [0.5, 0.6) is 0 Å². The van der Waals surface area contributed by atoms with E-state index in [4.69, 9.17) is 9.84 Å². The van der Waals surface area contributed by atoms with E-state index in [9.17, 15) is 13.2 Å². The van der Waals surface area contributed by atoms with Crippen LogP contribution in [0, 0.1) is 0 Å². The summed E-state index contributed by atoms with van der Waals surface area (Å²) < 4.78 is 31.3. The Morgan fingerprint density at radius 2 is 2.06 bits per heavy atom. The second-order valence-electron chi connectivity index (χ2n) is 4.15. The number of sulfonamides is 1. The summed E-state index contributed by atoms with van der Waals surface area (Å²) in [5.74, 6) is -1.12. The molecular formula is C10H19NO5S. The van der Waals surface area contributed by atoms with Crippen LogP contribution >= 0.6 is 0 Å². The molecule has 0 spiro atoms. The van der Waals surface area contributed by atoms with E-state index >= 15 is 0 Å². The van der Waals surface area contributed by atoms with Crippen LogP contribution in [-0.2, 0) is 19.6 Å². The summed E-state index contributed by atoms with van der Waals surface area (Å²) in [5.41, 5.74) is 0. The molecular weight excluding hydrogens is 246 g/mol. The van der Waals surface area contributed by atoms with Gasteiger partial charge in [0.1, 0.15) is 6.04 Å². The molecule has 0 bridgehead atoms. The Hall–Kier alpha value is -0.660.